The summed E-state index contributed by atoms with van der Waals surface area (Å²) in [4.78, 5) is 16.8. The lowest BCUT2D eigenvalue weighted by Gasteiger charge is -2.15. The molecule has 4 aromatic heterocycles. The SMILES string of the molecule is CSc1nc(Cl)c2cn[nH]c2n1.CSc1nc(Cl)c2cnn(COCC[Si](C)(C)C)c2n1. The van der Waals surface area contributed by atoms with E-state index in [4.69, 9.17) is 27.9 Å². The first-order valence-corrected chi connectivity index (χ1v) is 16.5. The van der Waals surface area contributed by atoms with Gasteiger partial charge in [-0.1, -0.05) is 66.4 Å². The maximum Gasteiger partial charge on any atom is 0.190 e. The van der Waals surface area contributed by atoms with Gasteiger partial charge >= 0.3 is 0 Å². The second-order valence-electron chi connectivity index (χ2n) is 7.86. The molecule has 0 aromatic carbocycles. The van der Waals surface area contributed by atoms with Gasteiger partial charge in [0.05, 0.1) is 23.2 Å². The second kappa shape index (κ2) is 11.1. The molecular formula is C18H24Cl2N8OS2Si. The van der Waals surface area contributed by atoms with Crippen LogP contribution in [0.25, 0.3) is 22.1 Å². The monoisotopic (exact) mass is 530 g/mol. The molecule has 0 radical (unpaired) electrons. The predicted octanol–water partition coefficient (Wildman–Crippen LogP) is 5.24. The van der Waals surface area contributed by atoms with E-state index in [9.17, 15) is 0 Å². The van der Waals surface area contributed by atoms with E-state index < -0.39 is 8.07 Å². The molecule has 172 valence electrons. The van der Waals surface area contributed by atoms with Crippen molar-refractivity contribution in [2.75, 3.05) is 19.1 Å². The molecule has 4 aromatic rings. The zero-order valence-corrected chi connectivity index (χ0v) is 22.5. The van der Waals surface area contributed by atoms with E-state index in [1.165, 1.54) is 23.5 Å². The number of hydrogen-bond acceptors (Lipinski definition) is 9. The van der Waals surface area contributed by atoms with Crippen LogP contribution >= 0.6 is 46.7 Å². The maximum absolute atomic E-state index is 6.12. The highest BCUT2D eigenvalue weighted by Gasteiger charge is 2.14. The fraction of sp³-hybridized carbons (Fsp3) is 0.444. The second-order valence-corrected chi connectivity index (χ2v) is 15.7. The lowest BCUT2D eigenvalue weighted by Crippen LogP contribution is -2.22. The van der Waals surface area contributed by atoms with Crippen LogP contribution in [-0.4, -0.2) is 67.1 Å². The topological polar surface area (TPSA) is 107 Å². The lowest BCUT2D eigenvalue weighted by atomic mass is 10.4. The number of nitrogens with one attached hydrogen (secondary N) is 1. The molecule has 0 saturated heterocycles. The Morgan fingerprint density at radius 3 is 2.28 bits per heavy atom. The molecular weight excluding hydrogens is 507 g/mol. The van der Waals surface area contributed by atoms with Gasteiger partial charge in [-0.25, -0.2) is 24.6 Å². The van der Waals surface area contributed by atoms with Crippen molar-refractivity contribution < 1.29 is 4.74 Å². The molecule has 0 unspecified atom stereocenters. The smallest absolute Gasteiger partial charge is 0.190 e. The first kappa shape index (κ1) is 25.2. The number of aromatic nitrogens is 8. The quantitative estimate of drug-likeness (QED) is 0.113. The van der Waals surface area contributed by atoms with E-state index >= 15 is 0 Å². The van der Waals surface area contributed by atoms with Gasteiger partial charge in [-0.15, -0.1) is 0 Å². The molecule has 4 heterocycles. The van der Waals surface area contributed by atoms with Gasteiger partial charge in [0, 0.05) is 14.7 Å². The van der Waals surface area contributed by atoms with Crippen molar-refractivity contribution in [3.63, 3.8) is 0 Å². The van der Waals surface area contributed by atoms with Gasteiger partial charge in [-0.2, -0.15) is 10.2 Å². The summed E-state index contributed by atoms with van der Waals surface area (Å²) in [5, 5.41) is 14.5. The fourth-order valence-electron chi connectivity index (χ4n) is 2.49. The van der Waals surface area contributed by atoms with Gasteiger partial charge in [-0.3, -0.25) is 5.10 Å². The zero-order valence-electron chi connectivity index (χ0n) is 18.4. The van der Waals surface area contributed by atoms with Crippen LogP contribution in [0.5, 0.6) is 0 Å². The van der Waals surface area contributed by atoms with Crippen molar-refractivity contribution >= 4 is 76.9 Å². The van der Waals surface area contributed by atoms with Gasteiger partial charge in [0.15, 0.2) is 21.6 Å². The van der Waals surface area contributed by atoms with Gasteiger partial charge in [0.25, 0.3) is 0 Å². The Balaban J connectivity index is 0.000000204. The molecule has 0 bridgehead atoms. The van der Waals surface area contributed by atoms with Gasteiger partial charge in [0.2, 0.25) is 0 Å². The summed E-state index contributed by atoms with van der Waals surface area (Å²) in [5.41, 5.74) is 1.40. The van der Waals surface area contributed by atoms with Crippen molar-refractivity contribution in [2.45, 2.75) is 42.7 Å². The van der Waals surface area contributed by atoms with Crippen molar-refractivity contribution in [2.24, 2.45) is 0 Å². The Morgan fingerprint density at radius 2 is 1.62 bits per heavy atom. The Kier molecular flexibility index (Phi) is 8.75. The van der Waals surface area contributed by atoms with E-state index in [1.807, 2.05) is 12.5 Å². The summed E-state index contributed by atoms with van der Waals surface area (Å²) in [6.07, 6.45) is 7.11. The summed E-state index contributed by atoms with van der Waals surface area (Å²) in [5.74, 6) is 0. The number of nitrogens with zero attached hydrogens (tertiary/aromatic N) is 7. The van der Waals surface area contributed by atoms with Crippen molar-refractivity contribution in [3.05, 3.63) is 22.7 Å². The highest BCUT2D eigenvalue weighted by Crippen LogP contribution is 2.23. The Labute approximate surface area is 205 Å². The van der Waals surface area contributed by atoms with Crippen LogP contribution in [-0.2, 0) is 11.5 Å². The number of fused-ring (bicyclic) bond motifs is 2. The van der Waals surface area contributed by atoms with E-state index in [0.717, 1.165) is 29.1 Å². The van der Waals surface area contributed by atoms with Gasteiger partial charge in [0.1, 0.15) is 17.0 Å². The zero-order chi connectivity index (χ0) is 23.3. The third-order valence-corrected chi connectivity index (χ3v) is 7.62. The minimum Gasteiger partial charge on any atom is -0.359 e. The average Bonchev–Trinajstić information content (AvgIpc) is 3.38. The first-order valence-electron chi connectivity index (χ1n) is 9.63. The van der Waals surface area contributed by atoms with E-state index in [2.05, 4.69) is 54.9 Å². The summed E-state index contributed by atoms with van der Waals surface area (Å²) in [6.45, 7) is 8.15. The summed E-state index contributed by atoms with van der Waals surface area (Å²) in [6, 6.07) is 1.14. The van der Waals surface area contributed by atoms with Crippen LogP contribution in [0.4, 0.5) is 0 Å². The molecule has 9 nitrogen and oxygen atoms in total. The molecule has 0 saturated carbocycles. The molecule has 32 heavy (non-hydrogen) atoms. The average molecular weight is 532 g/mol. The fourth-order valence-corrected chi connectivity index (χ4v) is 4.50. The largest absolute Gasteiger partial charge is 0.359 e. The van der Waals surface area contributed by atoms with Crippen LogP contribution in [0, 0.1) is 0 Å². The van der Waals surface area contributed by atoms with Crippen LogP contribution < -0.4 is 0 Å². The number of ether oxygens (including phenoxy) is 1. The standard InChI is InChI=1S/C12H19ClN4OSSi.C6H5ClN4S/c1-19-12-15-10(13)9-7-14-17(11(9)16-12)8-18-5-6-20(2,3)4;1-12-6-9-4(7)3-2-8-11-5(3)10-6/h7H,5-6,8H2,1-4H3;2H,1H3,(H,8,9,10,11). The van der Waals surface area contributed by atoms with Crippen LogP contribution in [0.1, 0.15) is 0 Å². The maximum atomic E-state index is 6.12. The Hall–Kier alpha value is -1.44. The Bertz CT molecular complexity index is 1200. The third kappa shape index (κ3) is 6.55. The lowest BCUT2D eigenvalue weighted by molar-refractivity contribution is 0.0812. The number of hydrogen-bond donors (Lipinski definition) is 1. The molecule has 0 aliphatic heterocycles. The van der Waals surface area contributed by atoms with Gasteiger partial charge in [-0.05, 0) is 18.6 Å². The first-order chi connectivity index (χ1) is 15.2. The van der Waals surface area contributed by atoms with Crippen molar-refractivity contribution in [1.29, 1.82) is 0 Å². The van der Waals surface area contributed by atoms with E-state index in [-0.39, 0.29) is 0 Å². The predicted molar refractivity (Wildman–Crippen MR) is 135 cm³/mol. The minimum atomic E-state index is -1.06. The minimum absolute atomic E-state index is 0.398. The van der Waals surface area contributed by atoms with Crippen molar-refractivity contribution in [1.82, 2.24) is 39.9 Å². The van der Waals surface area contributed by atoms with Crippen molar-refractivity contribution in [3.8, 4) is 0 Å². The summed E-state index contributed by atoms with van der Waals surface area (Å²) < 4.78 is 7.43. The number of thioether (sulfide) groups is 2. The van der Waals surface area contributed by atoms with E-state index in [0.29, 0.717) is 33.0 Å². The number of rotatable bonds is 7. The molecule has 0 amide bonds. The molecule has 4 rings (SSSR count). The normalized spacial score (nSPS) is 11.7. The molecule has 1 N–H and O–H groups in total. The summed E-state index contributed by atoms with van der Waals surface area (Å²) >= 11 is 14.9. The molecule has 0 aliphatic rings. The van der Waals surface area contributed by atoms with Gasteiger partial charge < -0.3 is 4.74 Å². The van der Waals surface area contributed by atoms with E-state index in [1.54, 1.807) is 17.1 Å². The summed E-state index contributed by atoms with van der Waals surface area (Å²) in [7, 11) is -1.06. The molecule has 14 heteroatoms. The number of H-pyrrole nitrogens is 1. The molecule has 0 fully saturated rings. The molecule has 0 aliphatic carbocycles. The Morgan fingerprint density at radius 1 is 0.969 bits per heavy atom. The molecule has 0 spiro atoms. The highest BCUT2D eigenvalue weighted by molar-refractivity contribution is 7.98. The van der Waals surface area contributed by atoms with Crippen LogP contribution in [0.3, 0.4) is 0 Å². The van der Waals surface area contributed by atoms with Crippen LogP contribution in [0.2, 0.25) is 36.0 Å². The highest BCUT2D eigenvalue weighted by atomic mass is 35.5. The number of halogens is 2. The molecule has 0 atom stereocenters. The third-order valence-electron chi connectivity index (χ3n) is 4.25. The number of aromatic amines is 1. The van der Waals surface area contributed by atoms with Crippen LogP contribution in [0.15, 0.2) is 22.7 Å².